The van der Waals surface area contributed by atoms with Gasteiger partial charge in [0.1, 0.15) is 0 Å². The molecule has 0 saturated heterocycles. The standard InChI is InChI=1S/C15H23N3O2/c1-3-5-10-18(11-14(16)19)15(20)12-8-6-7-9-13(12)17-4-2/h6-9,17H,3-5,10-11H2,1-2H3,(H2,16,19). The second-order valence-electron chi connectivity index (χ2n) is 4.62. The number of rotatable bonds is 8. The summed E-state index contributed by atoms with van der Waals surface area (Å²) in [5, 5.41) is 3.16. The number of benzene rings is 1. The molecule has 0 spiro atoms. The molecule has 0 aliphatic heterocycles. The lowest BCUT2D eigenvalue weighted by Gasteiger charge is -2.22. The maximum Gasteiger partial charge on any atom is 0.256 e. The van der Waals surface area contributed by atoms with Gasteiger partial charge < -0.3 is 16.0 Å². The fourth-order valence-electron chi connectivity index (χ4n) is 1.97. The van der Waals surface area contributed by atoms with Gasteiger partial charge in [-0.3, -0.25) is 9.59 Å². The molecule has 0 fully saturated rings. The Labute approximate surface area is 120 Å². The Bertz CT molecular complexity index is 460. The summed E-state index contributed by atoms with van der Waals surface area (Å²) in [6.07, 6.45) is 1.81. The van der Waals surface area contributed by atoms with Crippen molar-refractivity contribution in [3.05, 3.63) is 29.8 Å². The van der Waals surface area contributed by atoms with E-state index in [1.165, 1.54) is 4.90 Å². The number of nitrogens with one attached hydrogen (secondary N) is 1. The van der Waals surface area contributed by atoms with Crippen LogP contribution in [0.15, 0.2) is 24.3 Å². The predicted molar refractivity (Wildman–Crippen MR) is 80.6 cm³/mol. The van der Waals surface area contributed by atoms with Crippen molar-refractivity contribution in [1.29, 1.82) is 0 Å². The summed E-state index contributed by atoms with van der Waals surface area (Å²) in [5.41, 5.74) is 6.59. The number of carbonyl (C=O) groups is 2. The molecule has 0 bridgehead atoms. The number of nitrogens with zero attached hydrogens (tertiary/aromatic N) is 1. The average Bonchev–Trinajstić information content (AvgIpc) is 2.43. The SMILES string of the molecule is CCCCN(CC(N)=O)C(=O)c1ccccc1NCC. The Balaban J connectivity index is 2.95. The number of hydrogen-bond acceptors (Lipinski definition) is 3. The number of hydrogen-bond donors (Lipinski definition) is 2. The van der Waals surface area contributed by atoms with E-state index in [0.29, 0.717) is 12.1 Å². The largest absolute Gasteiger partial charge is 0.385 e. The molecule has 1 aromatic carbocycles. The molecule has 5 heteroatoms. The van der Waals surface area contributed by atoms with Crippen LogP contribution >= 0.6 is 0 Å². The van der Waals surface area contributed by atoms with E-state index in [9.17, 15) is 9.59 Å². The first-order valence-electron chi connectivity index (χ1n) is 7.00. The summed E-state index contributed by atoms with van der Waals surface area (Å²) in [7, 11) is 0. The maximum absolute atomic E-state index is 12.6. The minimum absolute atomic E-state index is 0.0424. The van der Waals surface area contributed by atoms with Crippen LogP contribution in [0.5, 0.6) is 0 Å². The summed E-state index contributed by atoms with van der Waals surface area (Å²) in [6.45, 7) is 5.24. The molecule has 1 rings (SSSR count). The molecular weight excluding hydrogens is 254 g/mol. The second-order valence-corrected chi connectivity index (χ2v) is 4.62. The molecule has 0 heterocycles. The highest BCUT2D eigenvalue weighted by Gasteiger charge is 2.19. The summed E-state index contributed by atoms with van der Waals surface area (Å²) in [4.78, 5) is 25.2. The van der Waals surface area contributed by atoms with Crippen LogP contribution in [-0.2, 0) is 4.79 Å². The van der Waals surface area contributed by atoms with Crippen LogP contribution in [0.25, 0.3) is 0 Å². The van der Waals surface area contributed by atoms with Crippen LogP contribution in [0.4, 0.5) is 5.69 Å². The molecule has 0 aliphatic carbocycles. The van der Waals surface area contributed by atoms with Crippen molar-refractivity contribution in [3.8, 4) is 0 Å². The normalized spacial score (nSPS) is 10.1. The number of nitrogens with two attached hydrogens (primary N) is 1. The van der Waals surface area contributed by atoms with Gasteiger partial charge in [-0.1, -0.05) is 25.5 Å². The van der Waals surface area contributed by atoms with Crippen molar-refractivity contribution in [2.45, 2.75) is 26.7 Å². The van der Waals surface area contributed by atoms with Gasteiger partial charge in [-0.25, -0.2) is 0 Å². The molecule has 0 aliphatic rings. The van der Waals surface area contributed by atoms with Crippen LogP contribution in [0.3, 0.4) is 0 Å². The van der Waals surface area contributed by atoms with Crippen molar-refractivity contribution < 1.29 is 9.59 Å². The lowest BCUT2D eigenvalue weighted by Crippen LogP contribution is -2.39. The lowest BCUT2D eigenvalue weighted by molar-refractivity contribution is -0.118. The molecule has 0 radical (unpaired) electrons. The first-order valence-corrected chi connectivity index (χ1v) is 7.00. The number of anilines is 1. The van der Waals surface area contributed by atoms with Gasteiger partial charge in [0.25, 0.3) is 5.91 Å². The molecule has 3 N–H and O–H groups in total. The number of para-hydroxylation sites is 1. The number of primary amides is 1. The molecule has 2 amide bonds. The topological polar surface area (TPSA) is 75.4 Å². The van der Waals surface area contributed by atoms with E-state index in [2.05, 4.69) is 5.32 Å². The van der Waals surface area contributed by atoms with E-state index in [4.69, 9.17) is 5.73 Å². The van der Waals surface area contributed by atoms with Crippen LogP contribution < -0.4 is 11.1 Å². The summed E-state index contributed by atoms with van der Waals surface area (Å²) < 4.78 is 0. The van der Waals surface area contributed by atoms with Gasteiger partial charge in [0.15, 0.2) is 0 Å². The van der Waals surface area contributed by atoms with E-state index in [-0.39, 0.29) is 12.5 Å². The second kappa shape index (κ2) is 8.19. The molecule has 20 heavy (non-hydrogen) atoms. The van der Waals surface area contributed by atoms with Gasteiger partial charge in [-0.2, -0.15) is 0 Å². The molecule has 110 valence electrons. The predicted octanol–water partition coefficient (Wildman–Crippen LogP) is 1.85. The minimum Gasteiger partial charge on any atom is -0.385 e. The third kappa shape index (κ3) is 4.57. The fourth-order valence-corrected chi connectivity index (χ4v) is 1.97. The lowest BCUT2D eigenvalue weighted by atomic mass is 10.1. The number of carbonyl (C=O) groups excluding carboxylic acids is 2. The van der Waals surface area contributed by atoms with Gasteiger partial charge in [0.05, 0.1) is 12.1 Å². The molecule has 0 aromatic heterocycles. The van der Waals surface area contributed by atoms with Crippen molar-refractivity contribution >= 4 is 17.5 Å². The Morgan fingerprint density at radius 2 is 1.95 bits per heavy atom. The zero-order chi connectivity index (χ0) is 15.0. The fraction of sp³-hybridized carbons (Fsp3) is 0.467. The molecule has 0 unspecified atom stereocenters. The number of unbranched alkanes of at least 4 members (excludes halogenated alkanes) is 1. The third-order valence-corrected chi connectivity index (χ3v) is 2.94. The van der Waals surface area contributed by atoms with Crippen molar-refractivity contribution in [2.75, 3.05) is 25.0 Å². The average molecular weight is 277 g/mol. The first-order chi connectivity index (χ1) is 9.60. The van der Waals surface area contributed by atoms with E-state index in [1.807, 2.05) is 32.0 Å². The van der Waals surface area contributed by atoms with Gasteiger partial charge in [0, 0.05) is 18.8 Å². The van der Waals surface area contributed by atoms with Crippen LogP contribution in [0.2, 0.25) is 0 Å². The van der Waals surface area contributed by atoms with E-state index >= 15 is 0 Å². The van der Waals surface area contributed by atoms with Crippen molar-refractivity contribution in [3.63, 3.8) is 0 Å². The quantitative estimate of drug-likeness (QED) is 0.761. The molecule has 5 nitrogen and oxygen atoms in total. The van der Waals surface area contributed by atoms with Crippen molar-refractivity contribution in [2.24, 2.45) is 5.73 Å². The first kappa shape index (κ1) is 16.0. The van der Waals surface area contributed by atoms with Crippen LogP contribution in [-0.4, -0.2) is 36.3 Å². The zero-order valence-electron chi connectivity index (χ0n) is 12.2. The Morgan fingerprint density at radius 1 is 1.25 bits per heavy atom. The highest BCUT2D eigenvalue weighted by Crippen LogP contribution is 2.17. The van der Waals surface area contributed by atoms with Crippen molar-refractivity contribution in [1.82, 2.24) is 4.90 Å². The maximum atomic E-state index is 12.6. The number of amides is 2. The Morgan fingerprint density at radius 3 is 2.55 bits per heavy atom. The van der Waals surface area contributed by atoms with E-state index in [0.717, 1.165) is 25.1 Å². The van der Waals surface area contributed by atoms with Gasteiger partial charge in [-0.15, -0.1) is 0 Å². The van der Waals surface area contributed by atoms with Gasteiger partial charge in [0.2, 0.25) is 5.91 Å². The Hall–Kier alpha value is -2.04. The van der Waals surface area contributed by atoms with E-state index in [1.54, 1.807) is 6.07 Å². The summed E-state index contributed by atoms with van der Waals surface area (Å²) in [5.74, 6) is -0.649. The van der Waals surface area contributed by atoms with E-state index < -0.39 is 5.91 Å². The van der Waals surface area contributed by atoms with Crippen LogP contribution in [0, 0.1) is 0 Å². The Kier molecular flexibility index (Phi) is 6.56. The molecule has 0 saturated carbocycles. The third-order valence-electron chi connectivity index (χ3n) is 2.94. The summed E-state index contributed by atoms with van der Waals surface area (Å²) >= 11 is 0. The molecular formula is C15H23N3O2. The minimum atomic E-state index is -0.490. The molecule has 0 atom stereocenters. The van der Waals surface area contributed by atoms with Crippen LogP contribution in [0.1, 0.15) is 37.0 Å². The van der Waals surface area contributed by atoms with Gasteiger partial charge in [-0.05, 0) is 25.5 Å². The van der Waals surface area contributed by atoms with Gasteiger partial charge >= 0.3 is 0 Å². The monoisotopic (exact) mass is 277 g/mol. The molecule has 1 aromatic rings. The highest BCUT2D eigenvalue weighted by atomic mass is 16.2. The summed E-state index contributed by atoms with van der Waals surface area (Å²) in [6, 6.07) is 7.31. The highest BCUT2D eigenvalue weighted by molar-refractivity contribution is 6.01. The smallest absolute Gasteiger partial charge is 0.256 e. The zero-order valence-corrected chi connectivity index (χ0v) is 12.2.